The fraction of sp³-hybridized carbons (Fsp3) is 0.381. The molecule has 140 valence electrons. The van der Waals surface area contributed by atoms with Crippen LogP contribution in [-0.2, 0) is 12.8 Å². The van der Waals surface area contributed by atoms with Gasteiger partial charge in [0.2, 0.25) is 0 Å². The smallest absolute Gasteiger partial charge is 0.257 e. The third kappa shape index (κ3) is 3.32. The lowest BCUT2D eigenvalue weighted by Crippen LogP contribution is -2.48. The van der Waals surface area contributed by atoms with Gasteiger partial charge < -0.3 is 14.7 Å². The van der Waals surface area contributed by atoms with Crippen molar-refractivity contribution < 1.29 is 9.32 Å². The second-order valence-corrected chi connectivity index (χ2v) is 6.87. The van der Waals surface area contributed by atoms with E-state index in [2.05, 4.69) is 46.6 Å². The maximum atomic E-state index is 13.3. The minimum atomic E-state index is -0.00118. The van der Waals surface area contributed by atoms with E-state index >= 15 is 0 Å². The molecule has 1 amide bonds. The van der Waals surface area contributed by atoms with Crippen molar-refractivity contribution in [1.82, 2.24) is 20.4 Å². The molecular formula is C21H24N4O2. The van der Waals surface area contributed by atoms with Crippen LogP contribution < -0.4 is 5.32 Å². The number of nitrogens with one attached hydrogen (secondary N) is 1. The van der Waals surface area contributed by atoms with Gasteiger partial charge in [-0.1, -0.05) is 43.3 Å². The molecule has 1 aliphatic rings. The van der Waals surface area contributed by atoms with E-state index in [1.807, 2.05) is 17.9 Å². The summed E-state index contributed by atoms with van der Waals surface area (Å²) in [4.78, 5) is 19.5. The zero-order valence-electron chi connectivity index (χ0n) is 15.7. The summed E-state index contributed by atoms with van der Waals surface area (Å²) >= 11 is 0. The predicted octanol–water partition coefficient (Wildman–Crippen LogP) is 3.13. The van der Waals surface area contributed by atoms with Gasteiger partial charge in [-0.2, -0.15) is 0 Å². The minimum absolute atomic E-state index is 0.00118. The van der Waals surface area contributed by atoms with Crippen LogP contribution in [0, 0.1) is 0 Å². The molecule has 0 spiro atoms. The van der Waals surface area contributed by atoms with E-state index in [4.69, 9.17) is 4.52 Å². The van der Waals surface area contributed by atoms with Crippen LogP contribution in [0.5, 0.6) is 0 Å². The first kappa shape index (κ1) is 17.7. The van der Waals surface area contributed by atoms with Gasteiger partial charge in [0.1, 0.15) is 0 Å². The first-order valence-electron chi connectivity index (χ1n) is 9.56. The van der Waals surface area contributed by atoms with Crippen molar-refractivity contribution in [2.75, 3.05) is 19.6 Å². The number of hydrogen-bond donors (Lipinski definition) is 1. The molecule has 1 unspecified atom stereocenters. The molecule has 3 aromatic rings. The van der Waals surface area contributed by atoms with E-state index in [9.17, 15) is 4.79 Å². The van der Waals surface area contributed by atoms with Gasteiger partial charge in [-0.25, -0.2) is 4.98 Å². The van der Waals surface area contributed by atoms with Crippen LogP contribution in [0.15, 0.2) is 41.1 Å². The Labute approximate surface area is 158 Å². The fourth-order valence-electron chi connectivity index (χ4n) is 3.64. The second-order valence-electron chi connectivity index (χ2n) is 6.87. The fourth-order valence-corrected chi connectivity index (χ4v) is 3.64. The summed E-state index contributed by atoms with van der Waals surface area (Å²) in [7, 11) is 0. The molecule has 6 nitrogen and oxygen atoms in total. The summed E-state index contributed by atoms with van der Waals surface area (Å²) in [6.45, 7) is 6.36. The van der Waals surface area contributed by atoms with Gasteiger partial charge in [-0.3, -0.25) is 4.79 Å². The highest BCUT2D eigenvalue weighted by Gasteiger charge is 2.29. The Balaban J connectivity index is 1.65. The quantitative estimate of drug-likeness (QED) is 0.770. The Kier molecular flexibility index (Phi) is 4.90. The molecule has 2 aromatic heterocycles. The molecule has 1 atom stereocenters. The lowest BCUT2D eigenvalue weighted by molar-refractivity contribution is 0.0634. The minimum Gasteiger partial charge on any atom is -0.336 e. The lowest BCUT2D eigenvalue weighted by Gasteiger charge is -2.36. The lowest BCUT2D eigenvalue weighted by atomic mass is 10.00. The first-order chi connectivity index (χ1) is 13.2. The van der Waals surface area contributed by atoms with Crippen LogP contribution >= 0.6 is 0 Å². The van der Waals surface area contributed by atoms with Crippen molar-refractivity contribution in [2.45, 2.75) is 32.7 Å². The van der Waals surface area contributed by atoms with Gasteiger partial charge in [0.15, 0.2) is 0 Å². The molecule has 3 heterocycles. The van der Waals surface area contributed by atoms with Gasteiger partial charge in [0, 0.05) is 25.8 Å². The summed E-state index contributed by atoms with van der Waals surface area (Å²) in [6.07, 6.45) is 3.34. The standard InChI is InChI=1S/C21H24N4O2/c1-3-14-5-7-15(8-6-14)19-13-22-9-10-25(19)21(26)16-11-17-18(4-2)24-27-20(17)23-12-16/h5-8,11-12,19,22H,3-4,9-10,13H2,1-2H3. The number of fused-ring (bicyclic) bond motifs is 1. The summed E-state index contributed by atoms with van der Waals surface area (Å²) in [6, 6.07) is 10.4. The number of amides is 1. The van der Waals surface area contributed by atoms with E-state index in [1.54, 1.807) is 6.20 Å². The topological polar surface area (TPSA) is 71.3 Å². The van der Waals surface area contributed by atoms with E-state index in [-0.39, 0.29) is 11.9 Å². The monoisotopic (exact) mass is 364 g/mol. The predicted molar refractivity (Wildman–Crippen MR) is 104 cm³/mol. The number of benzene rings is 1. The van der Waals surface area contributed by atoms with Crippen molar-refractivity contribution in [3.05, 3.63) is 58.9 Å². The maximum Gasteiger partial charge on any atom is 0.257 e. The highest BCUT2D eigenvalue weighted by atomic mass is 16.5. The van der Waals surface area contributed by atoms with Crippen molar-refractivity contribution in [2.24, 2.45) is 0 Å². The molecule has 0 bridgehead atoms. The van der Waals surface area contributed by atoms with Gasteiger partial charge in [0.25, 0.3) is 11.6 Å². The van der Waals surface area contributed by atoms with Crippen LogP contribution in [0.2, 0.25) is 0 Å². The number of piperazine rings is 1. The van der Waals surface area contributed by atoms with Crippen molar-refractivity contribution in [3.8, 4) is 0 Å². The number of hydrogen-bond acceptors (Lipinski definition) is 5. The normalized spacial score (nSPS) is 17.4. The molecule has 6 heteroatoms. The first-order valence-corrected chi connectivity index (χ1v) is 9.56. The van der Waals surface area contributed by atoms with E-state index in [0.717, 1.165) is 42.6 Å². The average molecular weight is 364 g/mol. The Morgan fingerprint density at radius 1 is 1.26 bits per heavy atom. The largest absolute Gasteiger partial charge is 0.336 e. The van der Waals surface area contributed by atoms with Gasteiger partial charge in [-0.15, -0.1) is 0 Å². The zero-order chi connectivity index (χ0) is 18.8. The Morgan fingerprint density at radius 2 is 2.07 bits per heavy atom. The van der Waals surface area contributed by atoms with Crippen LogP contribution in [0.25, 0.3) is 11.1 Å². The van der Waals surface area contributed by atoms with Crippen molar-refractivity contribution in [1.29, 1.82) is 0 Å². The molecule has 0 radical (unpaired) electrons. The number of rotatable bonds is 4. The number of aromatic nitrogens is 2. The van der Waals surface area contributed by atoms with E-state index in [1.165, 1.54) is 5.56 Å². The number of nitrogens with zero attached hydrogens (tertiary/aromatic N) is 3. The zero-order valence-corrected chi connectivity index (χ0v) is 15.7. The molecule has 1 aromatic carbocycles. The summed E-state index contributed by atoms with van der Waals surface area (Å²) < 4.78 is 5.24. The number of carbonyl (C=O) groups excluding carboxylic acids is 1. The Bertz CT molecular complexity index is 948. The molecule has 1 aliphatic heterocycles. The number of pyridine rings is 1. The molecule has 0 aliphatic carbocycles. The number of carbonyl (C=O) groups is 1. The SMILES string of the molecule is CCc1ccc(C2CNCCN2C(=O)c2cnc3onc(CC)c3c2)cc1. The van der Waals surface area contributed by atoms with Crippen LogP contribution in [0.3, 0.4) is 0 Å². The summed E-state index contributed by atoms with van der Waals surface area (Å²) in [5.74, 6) is -0.00118. The Morgan fingerprint density at radius 3 is 2.81 bits per heavy atom. The molecule has 27 heavy (non-hydrogen) atoms. The van der Waals surface area contributed by atoms with Crippen LogP contribution in [0.1, 0.15) is 47.1 Å². The third-order valence-electron chi connectivity index (χ3n) is 5.26. The molecule has 1 N–H and O–H groups in total. The third-order valence-corrected chi connectivity index (χ3v) is 5.26. The van der Waals surface area contributed by atoms with Crippen LogP contribution in [0.4, 0.5) is 0 Å². The molecule has 1 fully saturated rings. The summed E-state index contributed by atoms with van der Waals surface area (Å²) in [5, 5.41) is 8.26. The summed E-state index contributed by atoms with van der Waals surface area (Å²) in [5.41, 5.74) is 4.35. The van der Waals surface area contributed by atoms with Gasteiger partial charge in [-0.05, 0) is 30.0 Å². The van der Waals surface area contributed by atoms with E-state index in [0.29, 0.717) is 17.8 Å². The molecule has 4 rings (SSSR count). The molecule has 0 saturated carbocycles. The highest BCUT2D eigenvalue weighted by molar-refractivity contribution is 5.97. The van der Waals surface area contributed by atoms with Crippen molar-refractivity contribution in [3.63, 3.8) is 0 Å². The average Bonchev–Trinajstić information content (AvgIpc) is 3.15. The highest BCUT2D eigenvalue weighted by Crippen LogP contribution is 2.26. The van der Waals surface area contributed by atoms with E-state index < -0.39 is 0 Å². The maximum absolute atomic E-state index is 13.3. The van der Waals surface area contributed by atoms with Gasteiger partial charge >= 0.3 is 0 Å². The van der Waals surface area contributed by atoms with Crippen LogP contribution in [-0.4, -0.2) is 40.6 Å². The van der Waals surface area contributed by atoms with Crippen molar-refractivity contribution >= 4 is 17.0 Å². The number of aryl methyl sites for hydroxylation is 2. The molecular weight excluding hydrogens is 340 g/mol. The Hall–Kier alpha value is -2.73. The second kappa shape index (κ2) is 7.48. The molecule has 1 saturated heterocycles. The van der Waals surface area contributed by atoms with Gasteiger partial charge in [0.05, 0.1) is 22.7 Å².